The number of hydrogen-bond donors (Lipinski definition) is 1. The Hall–Kier alpha value is -1.56. The summed E-state index contributed by atoms with van der Waals surface area (Å²) in [5, 5.41) is 9.20. The first-order valence-corrected chi connectivity index (χ1v) is 5.93. The van der Waals surface area contributed by atoms with Crippen molar-refractivity contribution in [3.8, 4) is 0 Å². The minimum atomic E-state index is -0.833. The molecule has 17 heavy (non-hydrogen) atoms. The van der Waals surface area contributed by atoms with E-state index in [1.165, 1.54) is 18.9 Å². The van der Waals surface area contributed by atoms with Gasteiger partial charge >= 0.3 is 11.9 Å². The zero-order valence-electron chi connectivity index (χ0n) is 9.60. The Kier molecular flexibility index (Phi) is 4.96. The van der Waals surface area contributed by atoms with E-state index in [0.717, 1.165) is 0 Å². The van der Waals surface area contributed by atoms with Crippen LogP contribution in [0.4, 0.5) is 0 Å². The van der Waals surface area contributed by atoms with E-state index in [9.17, 15) is 9.59 Å². The summed E-state index contributed by atoms with van der Waals surface area (Å²) in [6.45, 7) is 1.72. The molecule has 1 N–H and O–H groups in total. The predicted molar refractivity (Wildman–Crippen MR) is 63.3 cm³/mol. The lowest BCUT2D eigenvalue weighted by Gasteiger charge is -2.05. The number of ether oxygens (including phenoxy) is 1. The van der Waals surface area contributed by atoms with E-state index in [1.54, 1.807) is 19.1 Å². The van der Waals surface area contributed by atoms with Gasteiger partial charge < -0.3 is 9.84 Å². The molecular weight excluding hydrogens is 242 g/mol. The number of carbonyl (C=O) groups excluding carboxylic acids is 1. The number of thioether (sulfide) groups is 1. The van der Waals surface area contributed by atoms with Crippen LogP contribution in [0.3, 0.4) is 0 Å². The van der Waals surface area contributed by atoms with E-state index in [0.29, 0.717) is 22.0 Å². The molecule has 0 saturated heterocycles. The number of rotatable bonds is 5. The first-order valence-electron chi connectivity index (χ1n) is 4.95. The first kappa shape index (κ1) is 13.5. The molecule has 0 radical (unpaired) electrons. The molecule has 0 aliphatic rings. The highest BCUT2D eigenvalue weighted by atomic mass is 32.2. The van der Waals surface area contributed by atoms with E-state index in [-0.39, 0.29) is 6.42 Å². The maximum atomic E-state index is 11.3. The fraction of sp³-hybridized carbons (Fsp3) is 0.364. The number of aliphatic carboxylic acids is 1. The van der Waals surface area contributed by atoms with Gasteiger partial charge in [-0.1, -0.05) is 0 Å². The maximum Gasteiger partial charge on any atom is 0.339 e. The van der Waals surface area contributed by atoms with Crippen LogP contribution in [0.2, 0.25) is 0 Å². The van der Waals surface area contributed by atoms with Crippen molar-refractivity contribution < 1.29 is 19.4 Å². The third-order valence-corrected chi connectivity index (χ3v) is 2.96. The summed E-state index contributed by atoms with van der Waals surface area (Å²) in [6.07, 6.45) is 0.0874. The molecule has 0 aliphatic carbocycles. The molecule has 0 aromatic carbocycles. The minimum Gasteiger partial charge on any atom is -0.481 e. The van der Waals surface area contributed by atoms with Gasteiger partial charge in [0.2, 0.25) is 0 Å². The van der Waals surface area contributed by atoms with Crippen LogP contribution in [0.15, 0.2) is 17.2 Å². The second kappa shape index (κ2) is 6.24. The average molecular weight is 255 g/mol. The number of nitrogens with zero attached hydrogens (tertiary/aromatic N) is 1. The maximum absolute atomic E-state index is 11.3. The summed E-state index contributed by atoms with van der Waals surface area (Å²) in [4.78, 5) is 25.9. The second-order valence-corrected chi connectivity index (χ2v) is 4.38. The normalized spacial score (nSPS) is 10.0. The SMILES string of the molecule is COC(=O)c1ccc(SCCC(=O)O)nc1C. The fourth-order valence-corrected chi connectivity index (χ4v) is 2.04. The van der Waals surface area contributed by atoms with Crippen LogP contribution in [0.5, 0.6) is 0 Å². The zero-order chi connectivity index (χ0) is 12.8. The fourth-order valence-electron chi connectivity index (χ4n) is 1.19. The van der Waals surface area contributed by atoms with E-state index >= 15 is 0 Å². The van der Waals surface area contributed by atoms with E-state index in [2.05, 4.69) is 9.72 Å². The van der Waals surface area contributed by atoms with Gasteiger partial charge in [-0.2, -0.15) is 0 Å². The molecule has 1 aromatic heterocycles. The van der Waals surface area contributed by atoms with Crippen LogP contribution >= 0.6 is 11.8 Å². The molecule has 0 unspecified atom stereocenters. The Morgan fingerprint density at radius 2 is 2.18 bits per heavy atom. The van der Waals surface area contributed by atoms with Gasteiger partial charge in [0.05, 0.1) is 29.8 Å². The van der Waals surface area contributed by atoms with Gasteiger partial charge in [-0.25, -0.2) is 9.78 Å². The van der Waals surface area contributed by atoms with Crippen molar-refractivity contribution in [3.05, 3.63) is 23.4 Å². The number of hydrogen-bond acceptors (Lipinski definition) is 5. The Morgan fingerprint density at radius 1 is 1.47 bits per heavy atom. The van der Waals surface area contributed by atoms with Crippen molar-refractivity contribution in [2.24, 2.45) is 0 Å². The Balaban J connectivity index is 2.68. The molecule has 92 valence electrons. The quantitative estimate of drug-likeness (QED) is 0.638. The van der Waals surface area contributed by atoms with Crippen molar-refractivity contribution in [2.45, 2.75) is 18.4 Å². The predicted octanol–water partition coefficient (Wildman–Crippen LogP) is 1.74. The molecule has 1 heterocycles. The van der Waals surface area contributed by atoms with Crippen molar-refractivity contribution in [1.29, 1.82) is 0 Å². The molecule has 0 atom stereocenters. The second-order valence-electron chi connectivity index (χ2n) is 3.27. The van der Waals surface area contributed by atoms with Gasteiger partial charge in [-0.15, -0.1) is 11.8 Å². The smallest absolute Gasteiger partial charge is 0.339 e. The number of aryl methyl sites for hydroxylation is 1. The van der Waals surface area contributed by atoms with Crippen molar-refractivity contribution in [1.82, 2.24) is 4.98 Å². The lowest BCUT2D eigenvalue weighted by Crippen LogP contribution is -2.05. The van der Waals surface area contributed by atoms with Gasteiger partial charge in [-0.05, 0) is 19.1 Å². The summed E-state index contributed by atoms with van der Waals surface area (Å²) in [6, 6.07) is 3.32. The number of esters is 1. The number of pyridine rings is 1. The van der Waals surface area contributed by atoms with Crippen LogP contribution in [0.1, 0.15) is 22.5 Å². The van der Waals surface area contributed by atoms with E-state index in [1.807, 2.05) is 0 Å². The van der Waals surface area contributed by atoms with E-state index < -0.39 is 11.9 Å². The van der Waals surface area contributed by atoms with Crippen molar-refractivity contribution in [2.75, 3.05) is 12.9 Å². The third kappa shape index (κ3) is 4.07. The van der Waals surface area contributed by atoms with Crippen LogP contribution in [-0.4, -0.2) is 34.9 Å². The highest BCUT2D eigenvalue weighted by molar-refractivity contribution is 7.99. The van der Waals surface area contributed by atoms with Crippen LogP contribution in [0, 0.1) is 6.92 Å². The first-order chi connectivity index (χ1) is 8.04. The number of aromatic nitrogens is 1. The molecule has 0 spiro atoms. The molecule has 1 rings (SSSR count). The third-order valence-electron chi connectivity index (χ3n) is 2.03. The Labute approximate surface area is 103 Å². The molecule has 5 nitrogen and oxygen atoms in total. The van der Waals surface area contributed by atoms with Crippen molar-refractivity contribution in [3.63, 3.8) is 0 Å². The standard InChI is InChI=1S/C11H13NO4S/c1-7-8(11(15)16-2)3-4-9(12-7)17-6-5-10(13)14/h3-4H,5-6H2,1-2H3,(H,13,14). The topological polar surface area (TPSA) is 76.5 Å². The lowest BCUT2D eigenvalue weighted by molar-refractivity contribution is -0.136. The molecule has 6 heteroatoms. The average Bonchev–Trinajstić information content (AvgIpc) is 2.28. The summed E-state index contributed by atoms with van der Waals surface area (Å²) < 4.78 is 4.61. The minimum absolute atomic E-state index is 0.0874. The van der Waals surface area contributed by atoms with Gasteiger partial charge in [0.1, 0.15) is 0 Å². The number of carboxylic acids is 1. The summed E-state index contributed by atoms with van der Waals surface area (Å²) >= 11 is 1.35. The number of methoxy groups -OCH3 is 1. The zero-order valence-corrected chi connectivity index (χ0v) is 10.4. The van der Waals surface area contributed by atoms with Crippen LogP contribution < -0.4 is 0 Å². The largest absolute Gasteiger partial charge is 0.481 e. The van der Waals surface area contributed by atoms with Gasteiger partial charge in [0.15, 0.2) is 0 Å². The Bertz CT molecular complexity index is 433. The van der Waals surface area contributed by atoms with Crippen molar-refractivity contribution >= 4 is 23.7 Å². The summed E-state index contributed by atoms with van der Waals surface area (Å²) in [7, 11) is 1.32. The molecule has 1 aromatic rings. The molecule has 0 amide bonds. The Morgan fingerprint density at radius 3 is 2.71 bits per heavy atom. The van der Waals surface area contributed by atoms with Gasteiger partial charge in [0, 0.05) is 5.75 Å². The highest BCUT2D eigenvalue weighted by Crippen LogP contribution is 2.18. The van der Waals surface area contributed by atoms with Gasteiger partial charge in [0.25, 0.3) is 0 Å². The molecule has 0 fully saturated rings. The molecular formula is C11H13NO4S. The number of carbonyl (C=O) groups is 2. The highest BCUT2D eigenvalue weighted by Gasteiger charge is 2.10. The van der Waals surface area contributed by atoms with Crippen LogP contribution in [-0.2, 0) is 9.53 Å². The molecule has 0 aliphatic heterocycles. The monoisotopic (exact) mass is 255 g/mol. The lowest BCUT2D eigenvalue weighted by atomic mass is 10.2. The molecule has 0 saturated carbocycles. The van der Waals surface area contributed by atoms with Gasteiger partial charge in [-0.3, -0.25) is 4.79 Å². The van der Waals surface area contributed by atoms with E-state index in [4.69, 9.17) is 5.11 Å². The molecule has 0 bridgehead atoms. The summed E-state index contributed by atoms with van der Waals surface area (Å²) in [5.74, 6) is -0.795. The summed E-state index contributed by atoms with van der Waals surface area (Å²) in [5.41, 5.74) is 1.01. The van der Waals surface area contributed by atoms with Crippen LogP contribution in [0.25, 0.3) is 0 Å². The number of carboxylic acid groups (broad SMARTS) is 1.